The topological polar surface area (TPSA) is 66.5 Å². The Labute approximate surface area is 123 Å². The Bertz CT molecular complexity index is 424. The van der Waals surface area contributed by atoms with Crippen molar-refractivity contribution in [3.05, 3.63) is 0 Å². The maximum Gasteiger partial charge on any atom is 0.238 e. The van der Waals surface area contributed by atoms with Gasteiger partial charge in [0.15, 0.2) is 0 Å². The average molecular weight is 304 g/mol. The molecule has 0 aromatic rings. The highest BCUT2D eigenvalue weighted by Gasteiger charge is 2.36. The third-order valence-electron chi connectivity index (χ3n) is 4.16. The van der Waals surface area contributed by atoms with Crippen molar-refractivity contribution in [2.45, 2.75) is 46.6 Å². The zero-order valence-corrected chi connectivity index (χ0v) is 14.0. The molecule has 0 bridgehead atoms. The predicted molar refractivity (Wildman–Crippen MR) is 80.7 cm³/mol. The Balaban J connectivity index is 2.63. The molecule has 0 spiro atoms. The Morgan fingerprint density at radius 1 is 1.25 bits per heavy atom. The normalized spacial score (nSPS) is 21.1. The van der Waals surface area contributed by atoms with E-state index in [1.807, 2.05) is 0 Å². The average Bonchev–Trinajstić information content (AvgIpc) is 2.76. The molecule has 1 aliphatic heterocycles. The van der Waals surface area contributed by atoms with E-state index in [1.165, 1.54) is 10.6 Å². The molecule has 0 aromatic heterocycles. The van der Waals surface area contributed by atoms with Gasteiger partial charge in [0.05, 0.1) is 6.26 Å². The van der Waals surface area contributed by atoms with Crippen molar-refractivity contribution in [2.24, 2.45) is 17.8 Å². The minimum absolute atomic E-state index is 0.153. The molecule has 1 rings (SSSR count). The highest BCUT2D eigenvalue weighted by Crippen LogP contribution is 2.22. The van der Waals surface area contributed by atoms with E-state index >= 15 is 0 Å². The quantitative estimate of drug-likeness (QED) is 0.808. The second-order valence-corrected chi connectivity index (χ2v) is 8.36. The second kappa shape index (κ2) is 6.89. The summed E-state index contributed by atoms with van der Waals surface area (Å²) in [5, 5.41) is 2.94. The van der Waals surface area contributed by atoms with Gasteiger partial charge in [0.1, 0.15) is 6.04 Å². The van der Waals surface area contributed by atoms with Gasteiger partial charge in [0.2, 0.25) is 15.9 Å². The molecule has 1 N–H and O–H groups in total. The summed E-state index contributed by atoms with van der Waals surface area (Å²) in [5.41, 5.74) is 0. The Morgan fingerprint density at radius 3 is 2.25 bits per heavy atom. The number of rotatable bonds is 6. The lowest BCUT2D eigenvalue weighted by molar-refractivity contribution is -0.124. The van der Waals surface area contributed by atoms with E-state index < -0.39 is 16.1 Å². The molecule has 0 radical (unpaired) electrons. The van der Waals surface area contributed by atoms with Crippen LogP contribution in [-0.4, -0.2) is 44.0 Å². The number of carbonyl (C=O) groups is 1. The van der Waals surface area contributed by atoms with Crippen LogP contribution < -0.4 is 5.32 Å². The molecule has 1 unspecified atom stereocenters. The van der Waals surface area contributed by atoms with E-state index in [1.54, 1.807) is 0 Å². The van der Waals surface area contributed by atoms with Gasteiger partial charge in [-0.1, -0.05) is 27.7 Å². The number of amides is 1. The molecular weight excluding hydrogens is 276 g/mol. The van der Waals surface area contributed by atoms with Crippen LogP contribution in [0.4, 0.5) is 0 Å². The molecular formula is C14H28N2O3S. The third-order valence-corrected chi connectivity index (χ3v) is 5.45. The van der Waals surface area contributed by atoms with Gasteiger partial charge >= 0.3 is 0 Å². The summed E-state index contributed by atoms with van der Waals surface area (Å²) in [6, 6.07) is -0.523. The van der Waals surface area contributed by atoms with Crippen molar-refractivity contribution in [1.82, 2.24) is 9.62 Å². The zero-order valence-electron chi connectivity index (χ0n) is 13.2. The van der Waals surface area contributed by atoms with Crippen molar-refractivity contribution in [3.8, 4) is 0 Å². The molecule has 1 atom stereocenters. The molecule has 0 saturated carbocycles. The van der Waals surface area contributed by atoms with Gasteiger partial charge in [-0.3, -0.25) is 4.79 Å². The fraction of sp³-hybridized carbons (Fsp3) is 0.929. The second-order valence-electron chi connectivity index (χ2n) is 6.43. The molecule has 1 fully saturated rings. The van der Waals surface area contributed by atoms with Crippen LogP contribution in [0, 0.1) is 17.8 Å². The summed E-state index contributed by atoms with van der Waals surface area (Å²) in [7, 11) is -3.30. The lowest BCUT2D eigenvalue weighted by Gasteiger charge is -2.27. The largest absolute Gasteiger partial charge is 0.354 e. The standard InChI is InChI=1S/C14H28N2O3S/c1-10(2)12(11(3)4)9-15-14(17)13-7-6-8-16(13)20(5,18)19/h10-13H,6-9H2,1-5H3,(H,15,17). The van der Waals surface area contributed by atoms with Crippen LogP contribution in [-0.2, 0) is 14.8 Å². The maximum absolute atomic E-state index is 12.2. The van der Waals surface area contributed by atoms with Crippen LogP contribution in [0.15, 0.2) is 0 Å². The number of nitrogens with one attached hydrogen (secondary N) is 1. The molecule has 1 amide bonds. The van der Waals surface area contributed by atoms with Gasteiger partial charge in [-0.2, -0.15) is 4.31 Å². The van der Waals surface area contributed by atoms with Crippen molar-refractivity contribution >= 4 is 15.9 Å². The summed E-state index contributed by atoms with van der Waals surface area (Å²) in [6.07, 6.45) is 2.54. The first-order valence-corrected chi connectivity index (χ1v) is 9.24. The van der Waals surface area contributed by atoms with Gasteiger partial charge in [-0.15, -0.1) is 0 Å². The van der Waals surface area contributed by atoms with E-state index in [4.69, 9.17) is 0 Å². The van der Waals surface area contributed by atoms with Crippen LogP contribution >= 0.6 is 0 Å². The van der Waals surface area contributed by atoms with E-state index in [0.29, 0.717) is 37.3 Å². The highest BCUT2D eigenvalue weighted by molar-refractivity contribution is 7.88. The van der Waals surface area contributed by atoms with Crippen molar-refractivity contribution < 1.29 is 13.2 Å². The molecule has 5 nitrogen and oxygen atoms in total. The Morgan fingerprint density at radius 2 is 1.80 bits per heavy atom. The lowest BCUT2D eigenvalue weighted by atomic mass is 9.85. The summed E-state index contributed by atoms with van der Waals surface area (Å²) in [6.45, 7) is 9.66. The SMILES string of the molecule is CC(C)C(CNC(=O)C1CCCN1S(C)(=O)=O)C(C)C. The fourth-order valence-electron chi connectivity index (χ4n) is 2.98. The van der Waals surface area contributed by atoms with Gasteiger partial charge in [0.25, 0.3) is 0 Å². The monoisotopic (exact) mass is 304 g/mol. The first kappa shape index (κ1) is 17.4. The van der Waals surface area contributed by atoms with Gasteiger partial charge < -0.3 is 5.32 Å². The van der Waals surface area contributed by atoms with Gasteiger partial charge in [-0.05, 0) is 30.6 Å². The summed E-state index contributed by atoms with van der Waals surface area (Å²) < 4.78 is 24.6. The number of sulfonamides is 1. The number of hydrogen-bond acceptors (Lipinski definition) is 3. The first-order valence-electron chi connectivity index (χ1n) is 7.39. The highest BCUT2D eigenvalue weighted by atomic mass is 32.2. The van der Waals surface area contributed by atoms with E-state index in [9.17, 15) is 13.2 Å². The maximum atomic E-state index is 12.2. The van der Waals surface area contributed by atoms with Gasteiger partial charge in [-0.25, -0.2) is 8.42 Å². The minimum atomic E-state index is -3.30. The van der Waals surface area contributed by atoms with Crippen molar-refractivity contribution in [1.29, 1.82) is 0 Å². The molecule has 6 heteroatoms. The molecule has 0 aromatic carbocycles. The summed E-state index contributed by atoms with van der Waals surface area (Å²) in [5.74, 6) is 1.24. The van der Waals surface area contributed by atoms with Crippen LogP contribution in [0.5, 0.6) is 0 Å². The Hall–Kier alpha value is -0.620. The van der Waals surface area contributed by atoms with E-state index in [-0.39, 0.29) is 5.91 Å². The summed E-state index contributed by atoms with van der Waals surface area (Å²) >= 11 is 0. The molecule has 20 heavy (non-hydrogen) atoms. The molecule has 1 saturated heterocycles. The number of carbonyl (C=O) groups excluding carboxylic acids is 1. The van der Waals surface area contributed by atoms with Crippen LogP contribution in [0.3, 0.4) is 0 Å². The Kier molecular flexibility index (Phi) is 6.01. The molecule has 1 heterocycles. The lowest BCUT2D eigenvalue weighted by Crippen LogP contribution is -2.47. The molecule has 1 aliphatic rings. The number of nitrogens with zero attached hydrogens (tertiary/aromatic N) is 1. The predicted octanol–water partition coefficient (Wildman–Crippen LogP) is 1.45. The molecule has 0 aliphatic carbocycles. The van der Waals surface area contributed by atoms with Crippen LogP contribution in [0.25, 0.3) is 0 Å². The van der Waals surface area contributed by atoms with E-state index in [2.05, 4.69) is 33.0 Å². The zero-order chi connectivity index (χ0) is 15.5. The van der Waals surface area contributed by atoms with E-state index in [0.717, 1.165) is 6.42 Å². The smallest absolute Gasteiger partial charge is 0.238 e. The fourth-order valence-corrected chi connectivity index (χ4v) is 4.10. The third kappa shape index (κ3) is 4.45. The van der Waals surface area contributed by atoms with Crippen LogP contribution in [0.1, 0.15) is 40.5 Å². The molecule has 118 valence electrons. The van der Waals surface area contributed by atoms with Crippen molar-refractivity contribution in [2.75, 3.05) is 19.3 Å². The van der Waals surface area contributed by atoms with Gasteiger partial charge in [0, 0.05) is 13.1 Å². The minimum Gasteiger partial charge on any atom is -0.354 e. The van der Waals surface area contributed by atoms with Crippen LogP contribution in [0.2, 0.25) is 0 Å². The number of hydrogen-bond donors (Lipinski definition) is 1. The van der Waals surface area contributed by atoms with Crippen molar-refractivity contribution in [3.63, 3.8) is 0 Å². The first-order chi connectivity index (χ1) is 9.14. The summed E-state index contributed by atoms with van der Waals surface area (Å²) in [4.78, 5) is 12.2.